The number of aromatic nitrogens is 1. The number of carbonyl (C=O) groups excluding carboxylic acids is 1. The molecule has 0 radical (unpaired) electrons. The van der Waals surface area contributed by atoms with Gasteiger partial charge in [-0.25, -0.2) is 4.39 Å². The highest BCUT2D eigenvalue weighted by Crippen LogP contribution is 2.62. The molecule has 1 saturated carbocycles. The quantitative estimate of drug-likeness (QED) is 0.0301. The monoisotopic (exact) mass is 972 g/mol. The third-order valence-electron chi connectivity index (χ3n) is 14.7. The molecule has 382 valence electrons. The van der Waals surface area contributed by atoms with Crippen LogP contribution in [-0.4, -0.2) is 63.4 Å². The number of allylic oxidation sites excluding steroid dienone is 1. The van der Waals surface area contributed by atoms with Gasteiger partial charge in [0.1, 0.15) is 36.6 Å². The summed E-state index contributed by atoms with van der Waals surface area (Å²) in [6.45, 7) is 9.40. The van der Waals surface area contributed by atoms with E-state index in [0.717, 1.165) is 90.7 Å². The molecule has 2 heterocycles. The molecular weight excluding hydrogens is 894 g/mol. The van der Waals surface area contributed by atoms with Crippen molar-refractivity contribution in [3.8, 4) is 11.5 Å². The molecule has 0 spiro atoms. The van der Waals surface area contributed by atoms with Crippen molar-refractivity contribution in [2.45, 2.75) is 161 Å². The summed E-state index contributed by atoms with van der Waals surface area (Å²) in [6.07, 6.45) is 19.4. The van der Waals surface area contributed by atoms with Gasteiger partial charge in [-0.3, -0.25) is 9.78 Å². The molecule has 6 atom stereocenters. The van der Waals surface area contributed by atoms with Gasteiger partial charge in [0.25, 0.3) is 0 Å². The number of rotatable bonds is 30. The van der Waals surface area contributed by atoms with Gasteiger partial charge >= 0.3 is 0 Å². The van der Waals surface area contributed by atoms with Gasteiger partial charge < -0.3 is 34.2 Å². The van der Waals surface area contributed by atoms with Crippen molar-refractivity contribution in [2.75, 3.05) is 19.8 Å². The predicted octanol–water partition coefficient (Wildman–Crippen LogP) is 12.9. The van der Waals surface area contributed by atoms with Crippen LogP contribution in [0.2, 0.25) is 0 Å². The van der Waals surface area contributed by atoms with E-state index >= 15 is 4.79 Å². The van der Waals surface area contributed by atoms with Gasteiger partial charge in [0.2, 0.25) is 11.7 Å². The lowest BCUT2D eigenvalue weighted by Gasteiger charge is -2.60. The normalized spacial score (nSPS) is 21.7. The molecule has 1 amide bonds. The zero-order chi connectivity index (χ0) is 49.8. The standard InChI is InChI=1S/C60H78FN3O7/c1-4-6-7-8-9-10-11-12-16-28-57(67)64(41-45-29-31-48(61)32-30-45)56-40-54(63-70-42-46-23-14-13-15-24-46)52-38-47(25-17-19-35-65)51(27-18-20-36-66)58-53-39-50(68-43-49-26-21-22-44(3)62-49)33-34-55(53)71-60(56,59(52)58)69-37-5-2/h5,13-15,21-24,26,29-34,38-39,47,51,56,58-59,65-66H,2,4,6-12,16-20,25,27-28,35-37,40-43H2,1,3H3/t47-,51+,56-,58+,59+,60+/m0/s1. The molecule has 2 aliphatic carbocycles. The number of nitrogens with zero attached hydrogens (tertiary/aromatic N) is 3. The number of aliphatic hydroxyl groups excluding tert-OH is 2. The fourth-order valence-corrected chi connectivity index (χ4v) is 11.2. The number of hydrogen-bond donors (Lipinski definition) is 2. The molecule has 71 heavy (non-hydrogen) atoms. The van der Waals surface area contributed by atoms with Gasteiger partial charge in [-0.2, -0.15) is 0 Å². The summed E-state index contributed by atoms with van der Waals surface area (Å²) in [6, 6.07) is 27.6. The minimum atomic E-state index is -1.43. The lowest BCUT2D eigenvalue weighted by Crippen LogP contribution is -2.70. The molecule has 1 fully saturated rings. The van der Waals surface area contributed by atoms with Crippen LogP contribution in [-0.2, 0) is 34.1 Å². The van der Waals surface area contributed by atoms with Gasteiger partial charge in [0.15, 0.2) is 0 Å². The number of fused-ring (bicyclic) bond motifs is 2. The summed E-state index contributed by atoms with van der Waals surface area (Å²) in [5.41, 5.74) is 6.17. The van der Waals surface area contributed by atoms with Crippen molar-refractivity contribution < 1.29 is 38.4 Å². The highest BCUT2D eigenvalue weighted by Gasteiger charge is 2.65. The maximum absolute atomic E-state index is 15.3. The number of aryl methyl sites for hydroxylation is 1. The van der Waals surface area contributed by atoms with Crippen LogP contribution in [0.5, 0.6) is 11.5 Å². The SMILES string of the molecule is C=CCO[C@@]12Oc3ccc(OCc4cccc(C)n4)cc3[C@H]3[C@H](CCCCO)[C@@H](CCCCO)C=C(C(=NOCc4ccccc4)C[C@@H]1N(Cc1ccc(F)cc1)C(=O)CCCCCCCCCCC)[C@H]32. The number of halogens is 1. The Morgan fingerprint density at radius 1 is 0.859 bits per heavy atom. The molecule has 7 rings (SSSR count). The number of pyridine rings is 1. The summed E-state index contributed by atoms with van der Waals surface area (Å²) in [5.74, 6) is -1.06. The summed E-state index contributed by atoms with van der Waals surface area (Å²) in [5, 5.41) is 25.2. The van der Waals surface area contributed by atoms with Crippen LogP contribution in [0.25, 0.3) is 0 Å². The first-order valence-electron chi connectivity index (χ1n) is 26.6. The second-order valence-corrected chi connectivity index (χ2v) is 19.8. The lowest BCUT2D eigenvalue weighted by molar-refractivity contribution is -0.258. The van der Waals surface area contributed by atoms with Crippen LogP contribution < -0.4 is 9.47 Å². The van der Waals surface area contributed by atoms with E-state index in [0.29, 0.717) is 30.8 Å². The maximum atomic E-state index is 15.3. The van der Waals surface area contributed by atoms with Crippen LogP contribution in [0, 0.1) is 30.5 Å². The topological polar surface area (TPSA) is 123 Å². The number of ether oxygens (including phenoxy) is 3. The summed E-state index contributed by atoms with van der Waals surface area (Å²) >= 11 is 0. The maximum Gasteiger partial charge on any atom is 0.239 e. The molecule has 0 bridgehead atoms. The van der Waals surface area contributed by atoms with E-state index in [2.05, 4.69) is 25.6 Å². The number of carbonyl (C=O) groups is 1. The van der Waals surface area contributed by atoms with Gasteiger partial charge in [-0.1, -0.05) is 137 Å². The Balaban J connectivity index is 1.36. The van der Waals surface area contributed by atoms with Gasteiger partial charge in [0.05, 0.1) is 23.9 Å². The van der Waals surface area contributed by atoms with Crippen LogP contribution in [0.1, 0.15) is 150 Å². The van der Waals surface area contributed by atoms with Gasteiger partial charge in [-0.15, -0.1) is 6.58 Å². The average Bonchev–Trinajstić information content (AvgIpc) is 3.38. The zero-order valence-corrected chi connectivity index (χ0v) is 42.3. The van der Waals surface area contributed by atoms with Crippen LogP contribution in [0.4, 0.5) is 4.39 Å². The molecular formula is C60H78FN3O7. The molecule has 3 aromatic carbocycles. The first-order chi connectivity index (χ1) is 34.8. The summed E-state index contributed by atoms with van der Waals surface area (Å²) < 4.78 is 35.8. The Labute approximate surface area is 422 Å². The van der Waals surface area contributed by atoms with Crippen LogP contribution in [0.3, 0.4) is 0 Å². The molecule has 1 aromatic heterocycles. The second kappa shape index (κ2) is 27.5. The van der Waals surface area contributed by atoms with Crippen molar-refractivity contribution >= 4 is 11.6 Å². The number of aliphatic hydroxyl groups is 2. The van der Waals surface area contributed by atoms with Gasteiger partial charge in [-0.05, 0) is 110 Å². The number of hydrogen-bond acceptors (Lipinski definition) is 9. The van der Waals surface area contributed by atoms with Gasteiger partial charge in [0, 0.05) is 49.8 Å². The Bertz CT molecular complexity index is 2340. The smallest absolute Gasteiger partial charge is 0.239 e. The predicted molar refractivity (Wildman–Crippen MR) is 278 cm³/mol. The lowest BCUT2D eigenvalue weighted by atomic mass is 9.55. The van der Waals surface area contributed by atoms with E-state index in [1.807, 2.05) is 72.5 Å². The van der Waals surface area contributed by atoms with Crippen LogP contribution in [0.15, 0.2) is 120 Å². The Kier molecular flexibility index (Phi) is 20.7. The van der Waals surface area contributed by atoms with Crippen molar-refractivity contribution in [3.63, 3.8) is 0 Å². The first kappa shape index (κ1) is 53.4. The van der Waals surface area contributed by atoms with Crippen molar-refractivity contribution in [1.82, 2.24) is 9.88 Å². The second-order valence-electron chi connectivity index (χ2n) is 19.8. The molecule has 3 aliphatic rings. The number of amides is 1. The zero-order valence-electron chi connectivity index (χ0n) is 42.3. The average molecular weight is 972 g/mol. The number of unbranched alkanes of at least 4 members (excludes halogenated alkanes) is 10. The van der Waals surface area contributed by atoms with E-state index in [4.69, 9.17) is 29.2 Å². The van der Waals surface area contributed by atoms with Crippen molar-refractivity contribution in [3.05, 3.63) is 149 Å². The Morgan fingerprint density at radius 2 is 1.59 bits per heavy atom. The van der Waals surface area contributed by atoms with E-state index in [1.165, 1.54) is 44.2 Å². The molecule has 11 heteroatoms. The molecule has 10 nitrogen and oxygen atoms in total. The first-order valence-corrected chi connectivity index (χ1v) is 26.6. The third kappa shape index (κ3) is 14.2. The minimum Gasteiger partial charge on any atom is -0.487 e. The number of benzene rings is 3. The Hall–Kier alpha value is -5.36. The molecule has 2 N–H and O–H groups in total. The van der Waals surface area contributed by atoms with Crippen LogP contribution >= 0.6 is 0 Å². The fraction of sp³-hybridized carbons (Fsp3) is 0.517. The molecule has 0 saturated heterocycles. The van der Waals surface area contributed by atoms with Crippen molar-refractivity contribution in [2.24, 2.45) is 22.9 Å². The largest absolute Gasteiger partial charge is 0.487 e. The van der Waals surface area contributed by atoms with Crippen molar-refractivity contribution in [1.29, 1.82) is 0 Å². The highest BCUT2D eigenvalue weighted by molar-refractivity contribution is 6.03. The number of oxime groups is 1. The molecule has 1 aliphatic heterocycles. The minimum absolute atomic E-state index is 0.0301. The highest BCUT2D eigenvalue weighted by atomic mass is 19.1. The third-order valence-corrected chi connectivity index (χ3v) is 14.7. The van der Waals surface area contributed by atoms with E-state index in [1.54, 1.807) is 18.2 Å². The molecule has 4 aromatic rings. The molecule has 0 unspecified atom stereocenters. The summed E-state index contributed by atoms with van der Waals surface area (Å²) in [4.78, 5) is 28.2. The van der Waals surface area contributed by atoms with E-state index < -0.39 is 17.7 Å². The van der Waals surface area contributed by atoms with E-state index in [-0.39, 0.29) is 75.5 Å². The Morgan fingerprint density at radius 3 is 2.31 bits per heavy atom. The summed E-state index contributed by atoms with van der Waals surface area (Å²) in [7, 11) is 0. The fourth-order valence-electron chi connectivity index (χ4n) is 11.2. The van der Waals surface area contributed by atoms with E-state index in [9.17, 15) is 14.6 Å².